The second kappa shape index (κ2) is 9.16. The zero-order valence-corrected chi connectivity index (χ0v) is 17.5. The molecule has 2 aromatic carbocycles. The van der Waals surface area contributed by atoms with Crippen LogP contribution in [0, 0.1) is 0 Å². The van der Waals surface area contributed by atoms with Crippen molar-refractivity contribution in [2.24, 2.45) is 5.14 Å². The maximum atomic E-state index is 12.5. The Morgan fingerprint density at radius 2 is 1.73 bits per heavy atom. The van der Waals surface area contributed by atoms with Crippen molar-refractivity contribution < 1.29 is 22.4 Å². The number of primary sulfonamides is 1. The first-order valence-electron chi connectivity index (χ1n) is 8.78. The van der Waals surface area contributed by atoms with E-state index in [1.807, 2.05) is 6.07 Å². The van der Waals surface area contributed by atoms with Crippen LogP contribution < -0.4 is 15.8 Å². The van der Waals surface area contributed by atoms with E-state index in [0.29, 0.717) is 11.4 Å². The molecule has 0 fully saturated rings. The molecule has 1 unspecified atom stereocenters. The Morgan fingerprint density at radius 3 is 2.37 bits per heavy atom. The third-order valence-electron chi connectivity index (χ3n) is 3.97. The minimum absolute atomic E-state index is 0.0312. The molecular weight excluding hydrogens is 426 g/mol. The highest BCUT2D eigenvalue weighted by Gasteiger charge is 2.16. The molecule has 4 N–H and O–H groups in total. The van der Waals surface area contributed by atoms with Gasteiger partial charge in [0.05, 0.1) is 16.4 Å². The van der Waals surface area contributed by atoms with E-state index in [4.69, 9.17) is 9.56 Å². The van der Waals surface area contributed by atoms with Crippen LogP contribution in [-0.4, -0.2) is 25.5 Å². The number of carbonyl (C=O) groups excluding carboxylic acids is 2. The third-order valence-corrected chi connectivity index (χ3v) is 5.99. The van der Waals surface area contributed by atoms with Crippen molar-refractivity contribution in [1.82, 2.24) is 0 Å². The molecule has 0 radical (unpaired) electrons. The minimum atomic E-state index is -3.78. The molecule has 0 aliphatic carbocycles. The highest BCUT2D eigenvalue weighted by Crippen LogP contribution is 2.27. The zero-order chi connectivity index (χ0) is 21.7. The lowest BCUT2D eigenvalue weighted by Crippen LogP contribution is -2.22. The van der Waals surface area contributed by atoms with Gasteiger partial charge in [-0.25, -0.2) is 13.6 Å². The number of furan rings is 1. The van der Waals surface area contributed by atoms with Gasteiger partial charge in [0, 0.05) is 16.3 Å². The molecule has 10 heteroatoms. The second-order valence-corrected chi connectivity index (χ2v) is 9.25. The molecule has 30 heavy (non-hydrogen) atoms. The number of hydrogen-bond donors (Lipinski definition) is 3. The monoisotopic (exact) mass is 445 g/mol. The Kier molecular flexibility index (Phi) is 6.60. The summed E-state index contributed by atoms with van der Waals surface area (Å²) >= 11 is 1.31. The maximum absolute atomic E-state index is 12.5. The van der Waals surface area contributed by atoms with Crippen LogP contribution >= 0.6 is 11.8 Å². The zero-order valence-electron chi connectivity index (χ0n) is 15.9. The largest absolute Gasteiger partial charge is 0.459 e. The molecule has 0 aliphatic rings. The number of carbonyl (C=O) groups is 2. The number of thioether (sulfide) groups is 1. The van der Waals surface area contributed by atoms with Crippen molar-refractivity contribution >= 4 is 45.0 Å². The number of anilines is 2. The summed E-state index contributed by atoms with van der Waals surface area (Å²) in [6.07, 6.45) is 1.42. The topological polar surface area (TPSA) is 132 Å². The van der Waals surface area contributed by atoms with Crippen LogP contribution in [0.5, 0.6) is 0 Å². The van der Waals surface area contributed by atoms with Gasteiger partial charge in [-0.3, -0.25) is 9.59 Å². The maximum Gasteiger partial charge on any atom is 0.291 e. The molecule has 3 aromatic rings. The quantitative estimate of drug-likeness (QED) is 0.478. The number of benzene rings is 2. The van der Waals surface area contributed by atoms with Gasteiger partial charge in [0.25, 0.3) is 5.91 Å². The summed E-state index contributed by atoms with van der Waals surface area (Å²) in [6, 6.07) is 15.9. The summed E-state index contributed by atoms with van der Waals surface area (Å²) in [5, 5.41) is 10.1. The van der Waals surface area contributed by atoms with Gasteiger partial charge in [0.1, 0.15) is 0 Å². The Morgan fingerprint density at radius 1 is 1.00 bits per heavy atom. The van der Waals surface area contributed by atoms with Crippen LogP contribution in [0.4, 0.5) is 11.4 Å². The number of sulfonamides is 1. The van der Waals surface area contributed by atoms with Crippen molar-refractivity contribution in [3.8, 4) is 0 Å². The smallest absolute Gasteiger partial charge is 0.291 e. The van der Waals surface area contributed by atoms with Gasteiger partial charge in [-0.1, -0.05) is 6.07 Å². The summed E-state index contributed by atoms with van der Waals surface area (Å²) in [6.45, 7) is 1.74. The molecule has 1 aromatic heterocycles. The molecular formula is C20H19N3O5S2. The molecule has 156 valence electrons. The Hall–Kier alpha value is -3.08. The first-order valence-corrected chi connectivity index (χ1v) is 11.2. The van der Waals surface area contributed by atoms with E-state index >= 15 is 0 Å². The molecule has 0 saturated heterocycles. The van der Waals surface area contributed by atoms with E-state index in [0.717, 1.165) is 4.90 Å². The fourth-order valence-corrected chi connectivity index (χ4v) is 3.92. The number of nitrogens with two attached hydrogens (primary N) is 1. The first kappa shape index (κ1) is 21.6. The van der Waals surface area contributed by atoms with Gasteiger partial charge < -0.3 is 15.1 Å². The summed E-state index contributed by atoms with van der Waals surface area (Å²) in [5.74, 6) is -0.418. The third kappa shape index (κ3) is 5.72. The lowest BCUT2D eigenvalue weighted by atomic mass is 10.3. The van der Waals surface area contributed by atoms with Crippen LogP contribution in [0.15, 0.2) is 81.1 Å². The van der Waals surface area contributed by atoms with Crippen molar-refractivity contribution in [3.05, 3.63) is 72.7 Å². The average molecular weight is 446 g/mol. The van der Waals surface area contributed by atoms with Crippen LogP contribution in [0.3, 0.4) is 0 Å². The molecule has 1 heterocycles. The van der Waals surface area contributed by atoms with Gasteiger partial charge in [-0.15, -0.1) is 11.8 Å². The van der Waals surface area contributed by atoms with Crippen LogP contribution in [0.2, 0.25) is 0 Å². The molecule has 8 nitrogen and oxygen atoms in total. The molecule has 0 bridgehead atoms. The SMILES string of the molecule is CC(Sc1cccc(NC(=O)c2ccco2)c1)C(=O)Nc1ccc(S(N)(=O)=O)cc1. The van der Waals surface area contributed by atoms with E-state index in [1.54, 1.807) is 37.3 Å². The van der Waals surface area contributed by atoms with Gasteiger partial charge in [0.15, 0.2) is 5.76 Å². The second-order valence-electron chi connectivity index (χ2n) is 6.28. The Bertz CT molecular complexity index is 1140. The van der Waals surface area contributed by atoms with E-state index in [1.165, 1.54) is 42.3 Å². The molecule has 1 atom stereocenters. The van der Waals surface area contributed by atoms with E-state index in [2.05, 4.69) is 10.6 Å². The van der Waals surface area contributed by atoms with Crippen molar-refractivity contribution in [1.29, 1.82) is 0 Å². The number of nitrogens with one attached hydrogen (secondary N) is 2. The van der Waals surface area contributed by atoms with E-state index in [9.17, 15) is 18.0 Å². The Labute approximate surface area is 177 Å². The number of hydrogen-bond acceptors (Lipinski definition) is 6. The van der Waals surface area contributed by atoms with Gasteiger partial charge in [-0.05, 0) is 61.5 Å². The molecule has 0 saturated carbocycles. The summed E-state index contributed by atoms with van der Waals surface area (Å²) in [4.78, 5) is 25.3. The first-order chi connectivity index (χ1) is 14.2. The summed E-state index contributed by atoms with van der Waals surface area (Å²) in [5.41, 5.74) is 1.03. The minimum Gasteiger partial charge on any atom is -0.459 e. The predicted molar refractivity (Wildman–Crippen MR) is 115 cm³/mol. The van der Waals surface area contributed by atoms with Crippen molar-refractivity contribution in [2.45, 2.75) is 22.0 Å². The van der Waals surface area contributed by atoms with Crippen LogP contribution in [0.25, 0.3) is 0 Å². The fraction of sp³-hybridized carbons (Fsp3) is 0.100. The lowest BCUT2D eigenvalue weighted by Gasteiger charge is -2.13. The van der Waals surface area contributed by atoms with Gasteiger partial charge >= 0.3 is 0 Å². The van der Waals surface area contributed by atoms with Crippen molar-refractivity contribution in [3.63, 3.8) is 0 Å². The van der Waals surface area contributed by atoms with Crippen LogP contribution in [0.1, 0.15) is 17.5 Å². The molecule has 2 amide bonds. The molecule has 3 rings (SSSR count). The fourth-order valence-electron chi connectivity index (χ4n) is 2.48. The van der Waals surface area contributed by atoms with Crippen molar-refractivity contribution in [2.75, 3.05) is 10.6 Å². The summed E-state index contributed by atoms with van der Waals surface area (Å²) < 4.78 is 27.7. The van der Waals surface area contributed by atoms with Gasteiger partial charge in [0.2, 0.25) is 15.9 Å². The number of amides is 2. The normalized spacial score (nSPS) is 12.2. The van der Waals surface area contributed by atoms with Gasteiger partial charge in [-0.2, -0.15) is 0 Å². The number of rotatable bonds is 7. The van der Waals surface area contributed by atoms with E-state index < -0.39 is 15.3 Å². The lowest BCUT2D eigenvalue weighted by molar-refractivity contribution is -0.115. The predicted octanol–water partition coefficient (Wildman–Crippen LogP) is 3.30. The molecule has 0 aliphatic heterocycles. The standard InChI is InChI=1S/C20H19N3O5S2/c1-13(19(24)22-14-7-9-17(10-8-14)30(21,26)27)29-16-5-2-4-15(12-16)23-20(25)18-6-3-11-28-18/h2-13H,1H3,(H,22,24)(H,23,25)(H2,21,26,27). The average Bonchev–Trinajstić information content (AvgIpc) is 3.23. The Balaban J connectivity index is 1.60. The molecule has 0 spiro atoms. The highest BCUT2D eigenvalue weighted by atomic mass is 32.2. The summed E-state index contributed by atoms with van der Waals surface area (Å²) in [7, 11) is -3.78. The van der Waals surface area contributed by atoms with Crippen LogP contribution in [-0.2, 0) is 14.8 Å². The highest BCUT2D eigenvalue weighted by molar-refractivity contribution is 8.00. The van der Waals surface area contributed by atoms with E-state index in [-0.39, 0.29) is 22.5 Å².